The van der Waals surface area contributed by atoms with Crippen LogP contribution in [0.3, 0.4) is 0 Å². The highest BCUT2D eigenvalue weighted by molar-refractivity contribution is 5.42. The van der Waals surface area contributed by atoms with Crippen LogP contribution in [-0.2, 0) is 13.0 Å². The molecular weight excluding hydrogens is 334 g/mol. The van der Waals surface area contributed by atoms with E-state index < -0.39 is 0 Å². The van der Waals surface area contributed by atoms with E-state index in [0.29, 0.717) is 12.0 Å². The number of nitrogens with zero attached hydrogens (tertiary/aromatic N) is 3. The maximum Gasteiger partial charge on any atom is 0.225 e. The molecule has 1 aromatic carbocycles. The lowest BCUT2D eigenvalue weighted by atomic mass is 10.0. The van der Waals surface area contributed by atoms with Crippen LogP contribution in [-0.4, -0.2) is 41.0 Å². The molecule has 27 heavy (non-hydrogen) atoms. The van der Waals surface area contributed by atoms with E-state index in [1.807, 2.05) is 20.0 Å². The van der Waals surface area contributed by atoms with Crippen LogP contribution in [0, 0.1) is 12.8 Å². The Bertz CT molecular complexity index is 726. The van der Waals surface area contributed by atoms with Crippen molar-refractivity contribution in [2.45, 2.75) is 52.6 Å². The summed E-state index contributed by atoms with van der Waals surface area (Å²) in [6, 6.07) is 11.5. The van der Waals surface area contributed by atoms with Crippen molar-refractivity contribution in [1.29, 1.82) is 0 Å². The Morgan fingerprint density at radius 3 is 2.59 bits per heavy atom. The summed E-state index contributed by atoms with van der Waals surface area (Å²) in [6.45, 7) is 9.74. The summed E-state index contributed by atoms with van der Waals surface area (Å²) in [5.74, 6) is 2.29. The van der Waals surface area contributed by atoms with Gasteiger partial charge >= 0.3 is 0 Å². The van der Waals surface area contributed by atoms with Gasteiger partial charge in [0.15, 0.2) is 0 Å². The molecule has 3 rings (SSSR count). The molecule has 146 valence electrons. The number of nitrogens with one attached hydrogen (secondary N) is 2. The highest BCUT2D eigenvalue weighted by Gasteiger charge is 2.20. The minimum Gasteiger partial charge on any atom is -0.373 e. The van der Waals surface area contributed by atoms with Gasteiger partial charge < -0.3 is 10.6 Å². The largest absolute Gasteiger partial charge is 0.373 e. The molecule has 0 saturated carbocycles. The van der Waals surface area contributed by atoms with Crippen molar-refractivity contribution in [3.8, 4) is 0 Å². The zero-order valence-corrected chi connectivity index (χ0v) is 17.1. The van der Waals surface area contributed by atoms with Crippen LogP contribution in [0.15, 0.2) is 30.3 Å². The van der Waals surface area contributed by atoms with E-state index >= 15 is 0 Å². The van der Waals surface area contributed by atoms with Crippen LogP contribution in [0.1, 0.15) is 43.5 Å². The zero-order chi connectivity index (χ0) is 19.2. The number of likely N-dealkylation sites (tertiary alicyclic amines) is 1. The first kappa shape index (κ1) is 19.6. The number of benzene rings is 1. The van der Waals surface area contributed by atoms with Crippen LogP contribution in [0.25, 0.3) is 0 Å². The standard InChI is InChI=1S/C22H33N5/c1-16(2)12-18-7-9-19(10-8-18)14-27-11-5-6-20(15-27)25-22-24-17(3)13-21(23-4)26-22/h7-10,13,16,20H,5-6,11-12,14-15H2,1-4H3,(H2,23,24,25,26)/t20-/m1/s1. The zero-order valence-electron chi connectivity index (χ0n) is 17.1. The lowest BCUT2D eigenvalue weighted by Gasteiger charge is -2.33. The van der Waals surface area contributed by atoms with E-state index in [0.717, 1.165) is 49.9 Å². The van der Waals surface area contributed by atoms with E-state index in [-0.39, 0.29) is 0 Å². The van der Waals surface area contributed by atoms with Gasteiger partial charge in [-0.1, -0.05) is 38.1 Å². The number of aryl methyl sites for hydroxylation is 1. The van der Waals surface area contributed by atoms with Crippen LogP contribution in [0.2, 0.25) is 0 Å². The van der Waals surface area contributed by atoms with E-state index in [2.05, 4.69) is 63.6 Å². The predicted molar refractivity (Wildman–Crippen MR) is 113 cm³/mol. The summed E-state index contributed by atoms with van der Waals surface area (Å²) in [7, 11) is 1.89. The second-order valence-electron chi connectivity index (χ2n) is 8.10. The molecule has 2 heterocycles. The molecule has 5 nitrogen and oxygen atoms in total. The molecule has 0 spiro atoms. The van der Waals surface area contributed by atoms with Crippen molar-refractivity contribution in [2.75, 3.05) is 30.8 Å². The maximum absolute atomic E-state index is 4.54. The number of piperidine rings is 1. The van der Waals surface area contributed by atoms with Gasteiger partial charge in [-0.15, -0.1) is 0 Å². The Labute approximate surface area is 163 Å². The maximum atomic E-state index is 4.54. The Morgan fingerprint density at radius 2 is 1.89 bits per heavy atom. The van der Waals surface area contributed by atoms with Crippen molar-refractivity contribution in [1.82, 2.24) is 14.9 Å². The fourth-order valence-electron chi connectivity index (χ4n) is 3.77. The SMILES string of the molecule is CNc1cc(C)nc(N[C@@H]2CCCN(Cc3ccc(CC(C)C)cc3)C2)n1. The van der Waals surface area contributed by atoms with Crippen molar-refractivity contribution in [2.24, 2.45) is 5.92 Å². The van der Waals surface area contributed by atoms with Crippen LogP contribution in [0.4, 0.5) is 11.8 Å². The van der Waals surface area contributed by atoms with E-state index in [4.69, 9.17) is 0 Å². The Kier molecular flexibility index (Phi) is 6.67. The van der Waals surface area contributed by atoms with Crippen LogP contribution >= 0.6 is 0 Å². The molecule has 0 aliphatic carbocycles. The quantitative estimate of drug-likeness (QED) is 0.771. The summed E-state index contributed by atoms with van der Waals surface area (Å²) in [5.41, 5.74) is 3.81. The van der Waals surface area contributed by atoms with Gasteiger partial charge in [-0.3, -0.25) is 4.90 Å². The van der Waals surface area contributed by atoms with Gasteiger partial charge in [-0.05, 0) is 49.8 Å². The number of hydrogen-bond donors (Lipinski definition) is 2. The van der Waals surface area contributed by atoms with Crippen LogP contribution in [0.5, 0.6) is 0 Å². The van der Waals surface area contributed by atoms with Crippen LogP contribution < -0.4 is 10.6 Å². The highest BCUT2D eigenvalue weighted by Crippen LogP contribution is 2.18. The smallest absolute Gasteiger partial charge is 0.225 e. The molecule has 0 amide bonds. The number of rotatable bonds is 7. The summed E-state index contributed by atoms with van der Waals surface area (Å²) in [4.78, 5) is 11.6. The van der Waals surface area contributed by atoms with E-state index in [9.17, 15) is 0 Å². The highest BCUT2D eigenvalue weighted by atomic mass is 15.2. The molecule has 2 N–H and O–H groups in total. The van der Waals surface area contributed by atoms with Gasteiger partial charge in [0.05, 0.1) is 0 Å². The molecule has 1 aromatic heterocycles. The summed E-state index contributed by atoms with van der Waals surface area (Å²) >= 11 is 0. The molecule has 0 unspecified atom stereocenters. The topological polar surface area (TPSA) is 53.1 Å². The summed E-state index contributed by atoms with van der Waals surface area (Å²) < 4.78 is 0. The lowest BCUT2D eigenvalue weighted by molar-refractivity contribution is 0.208. The van der Waals surface area contributed by atoms with Gasteiger partial charge in [0, 0.05) is 37.9 Å². The summed E-state index contributed by atoms with van der Waals surface area (Å²) in [5, 5.41) is 6.64. The number of hydrogen-bond acceptors (Lipinski definition) is 5. The van der Waals surface area contributed by atoms with Crippen molar-refractivity contribution in [3.05, 3.63) is 47.2 Å². The second-order valence-corrected chi connectivity index (χ2v) is 8.10. The normalized spacial score (nSPS) is 17.9. The Balaban J connectivity index is 1.57. The third-order valence-electron chi connectivity index (χ3n) is 5.02. The van der Waals surface area contributed by atoms with Gasteiger partial charge in [0.1, 0.15) is 5.82 Å². The first-order chi connectivity index (χ1) is 13.0. The first-order valence-electron chi connectivity index (χ1n) is 10.1. The molecule has 0 bridgehead atoms. The molecule has 1 atom stereocenters. The number of anilines is 2. The molecule has 1 aliphatic rings. The molecule has 1 aliphatic heterocycles. The predicted octanol–water partition coefficient (Wildman–Crippen LogP) is 4.10. The molecular formula is C22H33N5. The van der Waals surface area contributed by atoms with Crippen molar-refractivity contribution in [3.63, 3.8) is 0 Å². The van der Waals surface area contributed by atoms with Gasteiger partial charge in [-0.2, -0.15) is 4.98 Å². The average molecular weight is 368 g/mol. The molecule has 1 saturated heterocycles. The van der Waals surface area contributed by atoms with Gasteiger partial charge in [-0.25, -0.2) is 4.98 Å². The van der Waals surface area contributed by atoms with Gasteiger partial charge in [0.25, 0.3) is 0 Å². The second kappa shape index (κ2) is 9.18. The first-order valence-corrected chi connectivity index (χ1v) is 10.1. The van der Waals surface area contributed by atoms with E-state index in [1.54, 1.807) is 0 Å². The third-order valence-corrected chi connectivity index (χ3v) is 5.02. The summed E-state index contributed by atoms with van der Waals surface area (Å²) in [6.07, 6.45) is 3.52. The molecule has 0 radical (unpaired) electrons. The Hall–Kier alpha value is -2.14. The van der Waals surface area contributed by atoms with Crippen molar-refractivity contribution < 1.29 is 0 Å². The fourth-order valence-corrected chi connectivity index (χ4v) is 3.77. The monoisotopic (exact) mass is 367 g/mol. The lowest BCUT2D eigenvalue weighted by Crippen LogP contribution is -2.41. The van der Waals surface area contributed by atoms with Gasteiger partial charge in [0.2, 0.25) is 5.95 Å². The molecule has 1 fully saturated rings. The molecule has 2 aromatic rings. The number of aromatic nitrogens is 2. The third kappa shape index (κ3) is 5.93. The fraction of sp³-hybridized carbons (Fsp3) is 0.545. The average Bonchev–Trinajstić information content (AvgIpc) is 2.63. The minimum absolute atomic E-state index is 0.394. The van der Waals surface area contributed by atoms with Crippen molar-refractivity contribution >= 4 is 11.8 Å². The Morgan fingerprint density at radius 1 is 1.15 bits per heavy atom. The molecule has 5 heteroatoms. The van der Waals surface area contributed by atoms with E-state index in [1.165, 1.54) is 17.5 Å². The minimum atomic E-state index is 0.394.